The average molecular weight is 251 g/mol. The number of amides is 1. The van der Waals surface area contributed by atoms with Crippen molar-refractivity contribution < 1.29 is 4.79 Å². The summed E-state index contributed by atoms with van der Waals surface area (Å²) in [5.41, 5.74) is 0. The fourth-order valence-corrected chi connectivity index (χ4v) is 2.81. The van der Waals surface area contributed by atoms with Gasteiger partial charge in [-0.25, -0.2) is 0 Å². The molecule has 2 heterocycles. The summed E-state index contributed by atoms with van der Waals surface area (Å²) in [6, 6.07) is 0.695. The number of hydrogen-bond acceptors (Lipinski definition) is 3. The zero-order valence-corrected chi connectivity index (χ0v) is 11.2. The second kappa shape index (κ2) is 5.57. The van der Waals surface area contributed by atoms with Crippen LogP contribution in [0.15, 0.2) is 0 Å². The van der Waals surface area contributed by atoms with Crippen LogP contribution in [0.25, 0.3) is 0 Å². The predicted octanol–water partition coefficient (Wildman–Crippen LogP) is 0.683. The minimum Gasteiger partial charge on any atom is -0.341 e. The molecule has 1 saturated carbocycles. The highest BCUT2D eigenvalue weighted by Gasteiger charge is 2.26. The highest BCUT2D eigenvalue weighted by atomic mass is 16.2. The maximum atomic E-state index is 11.9. The van der Waals surface area contributed by atoms with Gasteiger partial charge in [-0.3, -0.25) is 9.69 Å². The van der Waals surface area contributed by atoms with Crippen molar-refractivity contribution in [3.63, 3.8) is 0 Å². The molecule has 3 fully saturated rings. The van der Waals surface area contributed by atoms with Crippen LogP contribution in [0.3, 0.4) is 0 Å². The van der Waals surface area contributed by atoms with Gasteiger partial charge in [0.05, 0.1) is 6.54 Å². The minimum absolute atomic E-state index is 0.339. The molecule has 0 unspecified atom stereocenters. The van der Waals surface area contributed by atoms with Gasteiger partial charge in [-0.15, -0.1) is 0 Å². The number of carbonyl (C=O) groups is 1. The van der Waals surface area contributed by atoms with E-state index in [9.17, 15) is 4.79 Å². The lowest BCUT2D eigenvalue weighted by molar-refractivity contribution is -0.136. The molecular weight excluding hydrogens is 226 g/mol. The van der Waals surface area contributed by atoms with Crippen LogP contribution in [-0.4, -0.2) is 61.0 Å². The van der Waals surface area contributed by atoms with Gasteiger partial charge < -0.3 is 10.2 Å². The Hall–Kier alpha value is -0.610. The standard InChI is InChI=1S/C14H25N3O/c18-14(17-6-1-7-17)11-16-8-4-13(5-9-16)15-10-12-2-3-12/h12-13,15H,1-11H2. The first-order valence-electron chi connectivity index (χ1n) is 7.55. The quantitative estimate of drug-likeness (QED) is 0.780. The van der Waals surface area contributed by atoms with Crippen LogP contribution in [-0.2, 0) is 4.79 Å². The van der Waals surface area contributed by atoms with E-state index in [2.05, 4.69) is 10.2 Å². The van der Waals surface area contributed by atoms with E-state index < -0.39 is 0 Å². The van der Waals surface area contributed by atoms with Crippen LogP contribution in [0, 0.1) is 5.92 Å². The molecule has 0 spiro atoms. The molecular formula is C14H25N3O. The lowest BCUT2D eigenvalue weighted by atomic mass is 10.0. The van der Waals surface area contributed by atoms with Gasteiger partial charge in [0.15, 0.2) is 0 Å². The van der Waals surface area contributed by atoms with Crippen LogP contribution in [0.4, 0.5) is 0 Å². The second-order valence-electron chi connectivity index (χ2n) is 6.14. The van der Waals surface area contributed by atoms with Crippen LogP contribution in [0.1, 0.15) is 32.1 Å². The molecule has 0 bridgehead atoms. The molecule has 1 N–H and O–H groups in total. The number of nitrogens with zero attached hydrogens (tertiary/aromatic N) is 2. The smallest absolute Gasteiger partial charge is 0.236 e. The van der Waals surface area contributed by atoms with E-state index in [1.165, 1.54) is 38.6 Å². The van der Waals surface area contributed by atoms with Crippen molar-refractivity contribution in [1.29, 1.82) is 0 Å². The fraction of sp³-hybridized carbons (Fsp3) is 0.929. The highest BCUT2D eigenvalue weighted by Crippen LogP contribution is 2.28. The Morgan fingerprint density at radius 2 is 1.78 bits per heavy atom. The maximum Gasteiger partial charge on any atom is 0.236 e. The van der Waals surface area contributed by atoms with Gasteiger partial charge >= 0.3 is 0 Å². The SMILES string of the molecule is O=C(CN1CCC(NCC2CC2)CC1)N1CCC1. The molecule has 1 amide bonds. The third-order valence-electron chi connectivity index (χ3n) is 4.55. The average Bonchev–Trinajstić information content (AvgIpc) is 3.09. The van der Waals surface area contributed by atoms with E-state index in [0.717, 1.165) is 32.1 Å². The summed E-state index contributed by atoms with van der Waals surface area (Å²) in [6.07, 6.45) is 6.46. The fourth-order valence-electron chi connectivity index (χ4n) is 2.81. The number of likely N-dealkylation sites (tertiary alicyclic amines) is 2. The van der Waals surface area contributed by atoms with Crippen molar-refractivity contribution in [3.8, 4) is 0 Å². The Labute approximate surface area is 110 Å². The van der Waals surface area contributed by atoms with Gasteiger partial charge in [0.25, 0.3) is 0 Å². The van der Waals surface area contributed by atoms with E-state index in [4.69, 9.17) is 0 Å². The third-order valence-corrected chi connectivity index (χ3v) is 4.55. The van der Waals surface area contributed by atoms with Gasteiger partial charge in [0.1, 0.15) is 0 Å². The summed E-state index contributed by atoms with van der Waals surface area (Å²) in [4.78, 5) is 16.2. The zero-order valence-electron chi connectivity index (χ0n) is 11.2. The summed E-state index contributed by atoms with van der Waals surface area (Å²) in [5, 5.41) is 3.68. The molecule has 1 aliphatic carbocycles. The van der Waals surface area contributed by atoms with Crippen molar-refractivity contribution >= 4 is 5.91 Å². The van der Waals surface area contributed by atoms with E-state index in [1.54, 1.807) is 0 Å². The zero-order chi connectivity index (χ0) is 12.4. The number of nitrogens with one attached hydrogen (secondary N) is 1. The van der Waals surface area contributed by atoms with Gasteiger partial charge in [0.2, 0.25) is 5.91 Å². The first-order valence-corrected chi connectivity index (χ1v) is 7.55. The molecule has 3 rings (SSSR count). The lowest BCUT2D eigenvalue weighted by Gasteiger charge is -2.36. The molecule has 0 radical (unpaired) electrons. The van der Waals surface area contributed by atoms with Gasteiger partial charge in [-0.1, -0.05) is 0 Å². The van der Waals surface area contributed by atoms with E-state index >= 15 is 0 Å². The van der Waals surface area contributed by atoms with Crippen LogP contribution in [0.2, 0.25) is 0 Å². The van der Waals surface area contributed by atoms with Crippen molar-refractivity contribution in [2.75, 3.05) is 39.3 Å². The molecule has 4 nitrogen and oxygen atoms in total. The topological polar surface area (TPSA) is 35.6 Å². The Balaban J connectivity index is 1.32. The number of hydrogen-bond donors (Lipinski definition) is 1. The van der Waals surface area contributed by atoms with Crippen molar-refractivity contribution in [2.24, 2.45) is 5.92 Å². The minimum atomic E-state index is 0.339. The molecule has 0 aromatic carbocycles. The highest BCUT2D eigenvalue weighted by molar-refractivity contribution is 5.78. The summed E-state index contributed by atoms with van der Waals surface area (Å²) in [7, 11) is 0. The first kappa shape index (κ1) is 12.4. The predicted molar refractivity (Wildman–Crippen MR) is 71.4 cm³/mol. The summed E-state index contributed by atoms with van der Waals surface area (Å²) < 4.78 is 0. The maximum absolute atomic E-state index is 11.9. The van der Waals surface area contributed by atoms with Gasteiger partial charge in [-0.2, -0.15) is 0 Å². The monoisotopic (exact) mass is 251 g/mol. The Kier molecular flexibility index (Phi) is 3.85. The second-order valence-corrected chi connectivity index (χ2v) is 6.14. The largest absolute Gasteiger partial charge is 0.341 e. The van der Waals surface area contributed by atoms with Crippen molar-refractivity contribution in [1.82, 2.24) is 15.1 Å². The van der Waals surface area contributed by atoms with Crippen LogP contribution in [0.5, 0.6) is 0 Å². The molecule has 0 atom stereocenters. The Bertz CT molecular complexity index is 291. The normalized spacial score (nSPS) is 26.1. The van der Waals surface area contributed by atoms with Crippen molar-refractivity contribution in [3.05, 3.63) is 0 Å². The van der Waals surface area contributed by atoms with Crippen LogP contribution < -0.4 is 5.32 Å². The third kappa shape index (κ3) is 3.23. The molecule has 2 saturated heterocycles. The lowest BCUT2D eigenvalue weighted by Crippen LogP contribution is -2.50. The molecule has 3 aliphatic rings. The van der Waals surface area contributed by atoms with Crippen molar-refractivity contribution in [2.45, 2.75) is 38.1 Å². The number of carbonyl (C=O) groups excluding carboxylic acids is 1. The summed E-state index contributed by atoms with van der Waals surface area (Å²) in [5.74, 6) is 1.31. The molecule has 2 aliphatic heterocycles. The Morgan fingerprint density at radius 1 is 1.06 bits per heavy atom. The molecule has 102 valence electrons. The van der Waals surface area contributed by atoms with Gasteiger partial charge in [0, 0.05) is 32.2 Å². The van der Waals surface area contributed by atoms with E-state index in [0.29, 0.717) is 18.5 Å². The molecule has 4 heteroatoms. The number of piperidine rings is 1. The summed E-state index contributed by atoms with van der Waals surface area (Å²) in [6.45, 7) is 6.01. The van der Waals surface area contributed by atoms with E-state index in [-0.39, 0.29) is 0 Å². The van der Waals surface area contributed by atoms with Crippen LogP contribution >= 0.6 is 0 Å². The van der Waals surface area contributed by atoms with Gasteiger partial charge in [-0.05, 0) is 44.6 Å². The molecule has 18 heavy (non-hydrogen) atoms. The first-order chi connectivity index (χ1) is 8.81. The number of rotatable bonds is 5. The Morgan fingerprint density at radius 3 is 2.33 bits per heavy atom. The molecule has 0 aromatic heterocycles. The van der Waals surface area contributed by atoms with E-state index in [1.807, 2.05) is 4.90 Å². The molecule has 0 aromatic rings. The summed E-state index contributed by atoms with van der Waals surface area (Å²) >= 11 is 0.